The smallest absolute Gasteiger partial charge is 0.343 e. The Labute approximate surface area is 99.2 Å². The second kappa shape index (κ2) is 6.09. The van der Waals surface area contributed by atoms with E-state index in [2.05, 4.69) is 16.6 Å². The van der Waals surface area contributed by atoms with Crippen molar-refractivity contribution in [1.82, 2.24) is 0 Å². The molecule has 0 radical (unpaired) electrons. The summed E-state index contributed by atoms with van der Waals surface area (Å²) in [4.78, 5) is 11.5. The summed E-state index contributed by atoms with van der Waals surface area (Å²) >= 11 is 0. The molecule has 0 aliphatic rings. The Kier molecular flexibility index (Phi) is 4.47. The molecule has 1 rings (SSSR count). The van der Waals surface area contributed by atoms with E-state index in [4.69, 9.17) is 17.6 Å². The van der Waals surface area contributed by atoms with Crippen molar-refractivity contribution in [2.75, 3.05) is 13.2 Å². The molecular weight excluding hydrogens is 220 g/mol. The fourth-order valence-corrected chi connectivity index (χ4v) is 1.08. The summed E-state index contributed by atoms with van der Waals surface area (Å²) in [5.74, 6) is 3.89. The molecule has 0 aliphatic carbocycles. The number of ether oxygens (including phenoxy) is 2. The van der Waals surface area contributed by atoms with Gasteiger partial charge >= 0.3 is 5.97 Å². The highest BCUT2D eigenvalue weighted by molar-refractivity contribution is 5.92. The summed E-state index contributed by atoms with van der Waals surface area (Å²) in [6, 6.07) is 4.15. The van der Waals surface area contributed by atoms with E-state index < -0.39 is 5.97 Å². The lowest BCUT2D eigenvalue weighted by Crippen LogP contribution is -2.06. The SMILES string of the molecule is C#CCOC(=O)c1cc(OCC#C)ccc1O. The predicted octanol–water partition coefficient (Wildman–Crippen LogP) is 1.19. The normalized spacial score (nSPS) is 8.82. The third-order valence-corrected chi connectivity index (χ3v) is 1.80. The lowest BCUT2D eigenvalue weighted by atomic mass is 10.2. The van der Waals surface area contributed by atoms with Crippen LogP contribution >= 0.6 is 0 Å². The Bertz CT molecular complexity index is 491. The molecule has 0 aromatic heterocycles. The second-order valence-corrected chi connectivity index (χ2v) is 2.95. The van der Waals surface area contributed by atoms with Gasteiger partial charge in [0.05, 0.1) is 0 Å². The average molecular weight is 230 g/mol. The van der Waals surface area contributed by atoms with Crippen LogP contribution in [0.1, 0.15) is 10.4 Å². The number of phenolic OH excluding ortho intramolecular Hbond substituents is 1. The molecule has 0 aliphatic heterocycles. The largest absolute Gasteiger partial charge is 0.507 e. The summed E-state index contributed by atoms with van der Waals surface area (Å²) in [5, 5.41) is 9.48. The van der Waals surface area contributed by atoms with Crippen molar-refractivity contribution in [2.24, 2.45) is 0 Å². The first-order chi connectivity index (χ1) is 8.19. The number of terminal acetylenes is 2. The van der Waals surface area contributed by atoms with E-state index in [-0.39, 0.29) is 24.5 Å². The van der Waals surface area contributed by atoms with Gasteiger partial charge in [0.2, 0.25) is 0 Å². The molecule has 0 spiro atoms. The number of carbonyl (C=O) groups excluding carboxylic acids is 1. The van der Waals surface area contributed by atoms with Crippen molar-refractivity contribution < 1.29 is 19.4 Å². The average Bonchev–Trinajstić information content (AvgIpc) is 2.35. The summed E-state index contributed by atoms with van der Waals surface area (Å²) in [5.41, 5.74) is -0.0187. The molecule has 1 N–H and O–H groups in total. The first kappa shape index (κ1) is 12.5. The van der Waals surface area contributed by atoms with Gasteiger partial charge in [-0.05, 0) is 18.2 Å². The Morgan fingerprint density at radius 2 is 2.00 bits per heavy atom. The van der Waals surface area contributed by atoms with E-state index in [0.29, 0.717) is 5.75 Å². The minimum Gasteiger partial charge on any atom is -0.507 e. The first-order valence-electron chi connectivity index (χ1n) is 4.69. The lowest BCUT2D eigenvalue weighted by Gasteiger charge is -2.07. The van der Waals surface area contributed by atoms with Gasteiger partial charge in [0.1, 0.15) is 23.7 Å². The minimum absolute atomic E-state index is 0.0187. The number of phenols is 1. The lowest BCUT2D eigenvalue weighted by molar-refractivity contribution is 0.0553. The number of hydrogen-bond acceptors (Lipinski definition) is 4. The summed E-state index contributed by atoms with van der Waals surface area (Å²) in [6.07, 6.45) is 9.98. The molecule has 1 aromatic rings. The van der Waals surface area contributed by atoms with Crippen LogP contribution in [0.4, 0.5) is 0 Å². The predicted molar refractivity (Wildman–Crippen MR) is 61.6 cm³/mol. The highest BCUT2D eigenvalue weighted by Gasteiger charge is 2.13. The van der Waals surface area contributed by atoms with Crippen LogP contribution in [0.25, 0.3) is 0 Å². The van der Waals surface area contributed by atoms with Gasteiger partial charge in [0.25, 0.3) is 0 Å². The topological polar surface area (TPSA) is 55.8 Å². The van der Waals surface area contributed by atoms with E-state index in [1.807, 2.05) is 0 Å². The van der Waals surface area contributed by atoms with Crippen molar-refractivity contribution in [3.05, 3.63) is 23.8 Å². The quantitative estimate of drug-likeness (QED) is 0.623. The Morgan fingerprint density at radius 1 is 1.29 bits per heavy atom. The number of hydrogen-bond donors (Lipinski definition) is 1. The highest BCUT2D eigenvalue weighted by atomic mass is 16.5. The molecule has 0 atom stereocenters. The first-order valence-corrected chi connectivity index (χ1v) is 4.69. The molecule has 4 heteroatoms. The minimum atomic E-state index is -0.716. The van der Waals surface area contributed by atoms with Crippen LogP contribution in [-0.4, -0.2) is 24.3 Å². The van der Waals surface area contributed by atoms with E-state index in [9.17, 15) is 9.90 Å². The van der Waals surface area contributed by atoms with E-state index in [0.717, 1.165) is 0 Å². The Morgan fingerprint density at radius 3 is 2.65 bits per heavy atom. The molecule has 0 saturated carbocycles. The van der Waals surface area contributed by atoms with Gasteiger partial charge in [-0.2, -0.15) is 0 Å². The van der Waals surface area contributed by atoms with Gasteiger partial charge in [-0.3, -0.25) is 0 Å². The van der Waals surface area contributed by atoms with E-state index >= 15 is 0 Å². The van der Waals surface area contributed by atoms with Crippen LogP contribution < -0.4 is 4.74 Å². The number of esters is 1. The third kappa shape index (κ3) is 3.48. The zero-order valence-corrected chi connectivity index (χ0v) is 8.97. The zero-order valence-electron chi connectivity index (χ0n) is 8.97. The Hall–Kier alpha value is -2.59. The van der Waals surface area contributed by atoms with Crippen LogP contribution in [0.5, 0.6) is 11.5 Å². The standard InChI is InChI=1S/C13H10O4/c1-3-7-16-10-5-6-12(14)11(9-10)13(15)17-8-4-2/h1-2,5-6,9,14H,7-8H2. The van der Waals surface area contributed by atoms with Gasteiger partial charge in [-0.1, -0.05) is 11.8 Å². The van der Waals surface area contributed by atoms with Gasteiger partial charge in [0, 0.05) is 0 Å². The zero-order chi connectivity index (χ0) is 12.7. The van der Waals surface area contributed by atoms with Crippen LogP contribution in [0, 0.1) is 24.7 Å². The maximum absolute atomic E-state index is 11.5. The maximum Gasteiger partial charge on any atom is 0.343 e. The third-order valence-electron chi connectivity index (χ3n) is 1.80. The molecule has 0 bridgehead atoms. The van der Waals surface area contributed by atoms with Gasteiger partial charge in [-0.25, -0.2) is 4.79 Å². The molecule has 0 heterocycles. The van der Waals surface area contributed by atoms with Crippen LogP contribution in [-0.2, 0) is 4.74 Å². The number of carbonyl (C=O) groups is 1. The van der Waals surface area contributed by atoms with Crippen LogP contribution in [0.2, 0.25) is 0 Å². The Balaban J connectivity index is 2.87. The van der Waals surface area contributed by atoms with Crippen molar-refractivity contribution in [2.45, 2.75) is 0 Å². The summed E-state index contributed by atoms with van der Waals surface area (Å²) in [6.45, 7) is -0.0860. The van der Waals surface area contributed by atoms with Crippen molar-refractivity contribution in [1.29, 1.82) is 0 Å². The summed E-state index contributed by atoms with van der Waals surface area (Å²) in [7, 11) is 0. The molecule has 0 amide bonds. The van der Waals surface area contributed by atoms with Gasteiger partial charge in [0.15, 0.2) is 6.61 Å². The molecular formula is C13H10O4. The van der Waals surface area contributed by atoms with E-state index in [1.54, 1.807) is 0 Å². The fourth-order valence-electron chi connectivity index (χ4n) is 1.08. The maximum atomic E-state index is 11.5. The monoisotopic (exact) mass is 230 g/mol. The van der Waals surface area contributed by atoms with Crippen molar-refractivity contribution >= 4 is 5.97 Å². The van der Waals surface area contributed by atoms with Gasteiger partial charge < -0.3 is 14.6 Å². The number of aromatic hydroxyl groups is 1. The van der Waals surface area contributed by atoms with Crippen molar-refractivity contribution in [3.8, 4) is 36.2 Å². The van der Waals surface area contributed by atoms with Crippen LogP contribution in [0.3, 0.4) is 0 Å². The molecule has 0 fully saturated rings. The number of rotatable bonds is 4. The molecule has 4 nitrogen and oxygen atoms in total. The molecule has 0 unspecified atom stereocenters. The van der Waals surface area contributed by atoms with Crippen molar-refractivity contribution in [3.63, 3.8) is 0 Å². The molecule has 1 aromatic carbocycles. The number of benzene rings is 1. The second-order valence-electron chi connectivity index (χ2n) is 2.95. The van der Waals surface area contributed by atoms with E-state index in [1.165, 1.54) is 18.2 Å². The molecule has 17 heavy (non-hydrogen) atoms. The molecule has 86 valence electrons. The van der Waals surface area contributed by atoms with Crippen LogP contribution in [0.15, 0.2) is 18.2 Å². The molecule has 0 saturated heterocycles. The summed E-state index contributed by atoms with van der Waals surface area (Å²) < 4.78 is 9.80. The van der Waals surface area contributed by atoms with Gasteiger partial charge in [-0.15, -0.1) is 12.8 Å². The highest BCUT2D eigenvalue weighted by Crippen LogP contribution is 2.23. The fraction of sp³-hybridized carbons (Fsp3) is 0.154.